The number of aromatic nitrogens is 2. The largest absolute Gasteiger partial charge is 0.411 e. The molecule has 1 aromatic carbocycles. The molecule has 0 N–H and O–H groups in total. The summed E-state index contributed by atoms with van der Waals surface area (Å²) in [7, 11) is 0. The lowest BCUT2D eigenvalue weighted by Crippen LogP contribution is -2.14. The van der Waals surface area contributed by atoms with Crippen LogP contribution < -0.4 is 0 Å². The van der Waals surface area contributed by atoms with Crippen molar-refractivity contribution in [2.75, 3.05) is 0 Å². The van der Waals surface area contributed by atoms with Gasteiger partial charge in [-0.3, -0.25) is 4.79 Å². The molecular formula is C16H18N2O2S. The van der Waals surface area contributed by atoms with Crippen molar-refractivity contribution in [1.82, 2.24) is 10.2 Å². The Bertz CT molecular complexity index is 639. The van der Waals surface area contributed by atoms with Gasteiger partial charge in [0.2, 0.25) is 5.89 Å². The number of aryl methyl sites for hydroxylation is 1. The van der Waals surface area contributed by atoms with Gasteiger partial charge in [-0.05, 0) is 31.4 Å². The van der Waals surface area contributed by atoms with E-state index < -0.39 is 0 Å². The van der Waals surface area contributed by atoms with E-state index in [2.05, 4.69) is 10.2 Å². The Morgan fingerprint density at radius 3 is 2.90 bits per heavy atom. The van der Waals surface area contributed by atoms with Gasteiger partial charge in [0.25, 0.3) is 5.22 Å². The zero-order chi connectivity index (χ0) is 14.7. The molecule has 0 spiro atoms. The van der Waals surface area contributed by atoms with Crippen LogP contribution in [-0.4, -0.2) is 21.2 Å². The van der Waals surface area contributed by atoms with Crippen LogP contribution in [0.3, 0.4) is 0 Å². The summed E-state index contributed by atoms with van der Waals surface area (Å²) in [6.07, 6.45) is 4.83. The number of hydrogen-bond acceptors (Lipinski definition) is 5. The third-order valence-electron chi connectivity index (χ3n) is 3.77. The fourth-order valence-electron chi connectivity index (χ4n) is 2.55. The van der Waals surface area contributed by atoms with Crippen LogP contribution in [0.15, 0.2) is 33.9 Å². The van der Waals surface area contributed by atoms with Gasteiger partial charge in [0.15, 0.2) is 0 Å². The minimum absolute atomic E-state index is 0.0299. The van der Waals surface area contributed by atoms with Gasteiger partial charge in [-0.15, -0.1) is 10.2 Å². The second-order valence-electron chi connectivity index (χ2n) is 5.36. The SMILES string of the molecule is Cc1ccccc1-c1nnc(SC2CCCCCC2=O)o1. The summed E-state index contributed by atoms with van der Waals surface area (Å²) >= 11 is 1.42. The van der Waals surface area contributed by atoms with Crippen molar-refractivity contribution in [3.8, 4) is 11.5 Å². The number of carbonyl (C=O) groups is 1. The summed E-state index contributed by atoms with van der Waals surface area (Å²) in [5.41, 5.74) is 2.05. The lowest BCUT2D eigenvalue weighted by Gasteiger charge is -2.08. The molecule has 21 heavy (non-hydrogen) atoms. The van der Waals surface area contributed by atoms with E-state index in [0.717, 1.165) is 36.8 Å². The summed E-state index contributed by atoms with van der Waals surface area (Å²) in [5, 5.41) is 8.66. The summed E-state index contributed by atoms with van der Waals surface area (Å²) in [4.78, 5) is 12.0. The monoisotopic (exact) mass is 302 g/mol. The first-order valence-corrected chi connectivity index (χ1v) is 8.21. The maximum absolute atomic E-state index is 12.0. The Morgan fingerprint density at radius 2 is 2.05 bits per heavy atom. The maximum atomic E-state index is 12.0. The molecule has 110 valence electrons. The molecule has 1 unspecified atom stereocenters. The van der Waals surface area contributed by atoms with E-state index in [0.29, 0.717) is 23.3 Å². The molecule has 1 heterocycles. The maximum Gasteiger partial charge on any atom is 0.277 e. The van der Waals surface area contributed by atoms with Crippen molar-refractivity contribution in [3.05, 3.63) is 29.8 Å². The predicted octanol–water partition coefficient (Wildman–Crippen LogP) is 4.04. The molecule has 4 nitrogen and oxygen atoms in total. The molecule has 3 rings (SSSR count). The van der Waals surface area contributed by atoms with Crippen LogP contribution in [0.4, 0.5) is 0 Å². The third-order valence-corrected chi connectivity index (χ3v) is 4.92. The standard InChI is InChI=1S/C16H18N2O2S/c1-11-7-5-6-8-12(11)15-17-18-16(20-15)21-14-10-4-2-3-9-13(14)19/h5-8,14H,2-4,9-10H2,1H3. The molecule has 1 saturated carbocycles. The molecule has 1 aliphatic carbocycles. The van der Waals surface area contributed by atoms with Crippen LogP contribution in [0.25, 0.3) is 11.5 Å². The first-order chi connectivity index (χ1) is 10.2. The van der Waals surface area contributed by atoms with Crippen LogP contribution in [-0.2, 0) is 4.79 Å². The topological polar surface area (TPSA) is 56.0 Å². The molecule has 0 amide bonds. The Morgan fingerprint density at radius 1 is 1.19 bits per heavy atom. The fourth-order valence-corrected chi connectivity index (χ4v) is 3.55. The molecule has 2 aromatic rings. The van der Waals surface area contributed by atoms with Crippen LogP contribution in [0.1, 0.15) is 37.7 Å². The van der Waals surface area contributed by atoms with E-state index in [1.165, 1.54) is 11.8 Å². The quantitative estimate of drug-likeness (QED) is 0.801. The van der Waals surface area contributed by atoms with E-state index in [-0.39, 0.29) is 5.25 Å². The number of thioether (sulfide) groups is 1. The van der Waals surface area contributed by atoms with E-state index >= 15 is 0 Å². The van der Waals surface area contributed by atoms with Crippen molar-refractivity contribution >= 4 is 17.5 Å². The molecule has 0 radical (unpaired) electrons. The van der Waals surface area contributed by atoms with Gasteiger partial charge >= 0.3 is 0 Å². The van der Waals surface area contributed by atoms with E-state index in [1.807, 2.05) is 31.2 Å². The molecule has 0 bridgehead atoms. The highest BCUT2D eigenvalue weighted by Crippen LogP contribution is 2.32. The smallest absolute Gasteiger partial charge is 0.277 e. The van der Waals surface area contributed by atoms with Crippen LogP contribution >= 0.6 is 11.8 Å². The van der Waals surface area contributed by atoms with Crippen LogP contribution in [0.2, 0.25) is 0 Å². The molecular weight excluding hydrogens is 284 g/mol. The van der Waals surface area contributed by atoms with Gasteiger partial charge in [0, 0.05) is 12.0 Å². The molecule has 0 aliphatic heterocycles. The van der Waals surface area contributed by atoms with E-state index in [9.17, 15) is 4.79 Å². The number of rotatable bonds is 3. The first-order valence-electron chi connectivity index (χ1n) is 7.33. The summed E-state index contributed by atoms with van der Waals surface area (Å²) < 4.78 is 5.73. The minimum Gasteiger partial charge on any atom is -0.411 e. The number of benzene rings is 1. The summed E-state index contributed by atoms with van der Waals surface area (Å²) in [6, 6.07) is 7.92. The van der Waals surface area contributed by atoms with Crippen molar-refractivity contribution in [3.63, 3.8) is 0 Å². The van der Waals surface area contributed by atoms with Crippen molar-refractivity contribution in [2.45, 2.75) is 49.5 Å². The minimum atomic E-state index is -0.0299. The summed E-state index contributed by atoms with van der Waals surface area (Å²) in [5.74, 6) is 0.838. The van der Waals surface area contributed by atoms with Crippen molar-refractivity contribution < 1.29 is 9.21 Å². The van der Waals surface area contributed by atoms with Gasteiger partial charge in [-0.25, -0.2) is 0 Å². The second kappa shape index (κ2) is 6.43. The number of nitrogens with zero attached hydrogens (tertiary/aromatic N) is 2. The Labute approximate surface area is 128 Å². The van der Waals surface area contributed by atoms with Crippen molar-refractivity contribution in [2.24, 2.45) is 0 Å². The average Bonchev–Trinajstić information content (AvgIpc) is 2.85. The van der Waals surface area contributed by atoms with Crippen LogP contribution in [0.5, 0.6) is 0 Å². The molecule has 1 atom stereocenters. The number of carbonyl (C=O) groups excluding carboxylic acids is 1. The van der Waals surface area contributed by atoms with E-state index in [1.54, 1.807) is 0 Å². The normalized spacial score (nSPS) is 19.5. The number of hydrogen-bond donors (Lipinski definition) is 0. The Hall–Kier alpha value is -1.62. The number of ketones is 1. The summed E-state index contributed by atoms with van der Waals surface area (Å²) in [6.45, 7) is 2.02. The Balaban J connectivity index is 1.76. The van der Waals surface area contributed by atoms with Gasteiger partial charge in [-0.1, -0.05) is 42.8 Å². The lowest BCUT2D eigenvalue weighted by molar-refractivity contribution is -0.118. The average molecular weight is 302 g/mol. The Kier molecular flexibility index (Phi) is 4.39. The number of Topliss-reactive ketones (excluding diaryl/α,β-unsaturated/α-hetero) is 1. The van der Waals surface area contributed by atoms with E-state index in [4.69, 9.17) is 4.42 Å². The van der Waals surface area contributed by atoms with Gasteiger partial charge in [0.1, 0.15) is 5.78 Å². The molecule has 1 fully saturated rings. The zero-order valence-electron chi connectivity index (χ0n) is 12.0. The van der Waals surface area contributed by atoms with Gasteiger partial charge in [0.05, 0.1) is 5.25 Å². The second-order valence-corrected chi connectivity index (χ2v) is 6.51. The zero-order valence-corrected chi connectivity index (χ0v) is 12.9. The highest BCUT2D eigenvalue weighted by atomic mass is 32.2. The molecule has 1 aliphatic rings. The lowest BCUT2D eigenvalue weighted by atomic mass is 10.1. The molecule has 1 aromatic heterocycles. The van der Waals surface area contributed by atoms with Crippen LogP contribution in [0, 0.1) is 6.92 Å². The highest BCUT2D eigenvalue weighted by molar-refractivity contribution is 8.00. The molecule has 0 saturated heterocycles. The predicted molar refractivity (Wildman–Crippen MR) is 82.2 cm³/mol. The third kappa shape index (κ3) is 3.35. The van der Waals surface area contributed by atoms with Crippen molar-refractivity contribution in [1.29, 1.82) is 0 Å². The molecule has 5 heteroatoms. The fraction of sp³-hybridized carbons (Fsp3) is 0.438. The highest BCUT2D eigenvalue weighted by Gasteiger charge is 2.24. The van der Waals surface area contributed by atoms with Gasteiger partial charge < -0.3 is 4.42 Å². The van der Waals surface area contributed by atoms with Gasteiger partial charge in [-0.2, -0.15) is 0 Å². The first kappa shape index (κ1) is 14.3.